The molecule has 1 aliphatic rings. The van der Waals surface area contributed by atoms with Crippen molar-refractivity contribution < 1.29 is 4.79 Å². The number of amides is 1. The molecule has 1 aliphatic heterocycles. The minimum atomic E-state index is 0.103. The molecule has 5 nitrogen and oxygen atoms in total. The van der Waals surface area contributed by atoms with Crippen molar-refractivity contribution in [3.63, 3.8) is 0 Å². The van der Waals surface area contributed by atoms with Crippen molar-refractivity contribution in [2.24, 2.45) is 11.7 Å². The Hall–Kier alpha value is -2.14. The second kappa shape index (κ2) is 5.93. The average Bonchev–Trinajstić information content (AvgIpc) is 3.12. The molecule has 0 spiro atoms. The molecule has 1 unspecified atom stereocenters. The van der Waals surface area contributed by atoms with Crippen LogP contribution in [-0.4, -0.2) is 40.0 Å². The normalized spacial score (nSPS) is 18.0. The first-order valence-corrected chi connectivity index (χ1v) is 7.71. The van der Waals surface area contributed by atoms with Gasteiger partial charge in [0.2, 0.25) is 0 Å². The summed E-state index contributed by atoms with van der Waals surface area (Å²) in [5, 5.41) is 0. The number of hydrogen-bond acceptors (Lipinski definition) is 3. The zero-order valence-corrected chi connectivity index (χ0v) is 13.1. The molecule has 2 aromatic rings. The fraction of sp³-hybridized carbons (Fsp3) is 0.412. The minimum absolute atomic E-state index is 0.103. The van der Waals surface area contributed by atoms with Crippen molar-refractivity contribution in [3.05, 3.63) is 47.4 Å². The number of carbonyl (C=O) groups is 1. The molecule has 1 saturated heterocycles. The number of hydrogen-bond donors (Lipinski definition) is 1. The van der Waals surface area contributed by atoms with E-state index in [2.05, 4.69) is 4.98 Å². The van der Waals surface area contributed by atoms with Crippen LogP contribution in [0.4, 0.5) is 0 Å². The molecule has 3 heterocycles. The summed E-state index contributed by atoms with van der Waals surface area (Å²) in [6.07, 6.45) is 2.77. The highest BCUT2D eigenvalue weighted by molar-refractivity contribution is 5.96. The Morgan fingerprint density at radius 2 is 2.23 bits per heavy atom. The van der Waals surface area contributed by atoms with Gasteiger partial charge in [0, 0.05) is 30.7 Å². The maximum absolute atomic E-state index is 12.8. The van der Waals surface area contributed by atoms with Crippen molar-refractivity contribution in [3.8, 4) is 5.82 Å². The smallest absolute Gasteiger partial charge is 0.255 e. The number of nitrogens with two attached hydrogens (primary N) is 1. The lowest BCUT2D eigenvalue weighted by atomic mass is 10.1. The Morgan fingerprint density at radius 1 is 1.41 bits per heavy atom. The van der Waals surface area contributed by atoms with Gasteiger partial charge in [0.15, 0.2) is 0 Å². The van der Waals surface area contributed by atoms with E-state index in [1.807, 2.05) is 47.6 Å². The quantitative estimate of drug-likeness (QED) is 0.941. The molecule has 22 heavy (non-hydrogen) atoms. The summed E-state index contributed by atoms with van der Waals surface area (Å²) in [4.78, 5) is 19.1. The molecule has 0 aliphatic carbocycles. The van der Waals surface area contributed by atoms with E-state index in [4.69, 9.17) is 5.73 Å². The maximum atomic E-state index is 12.8. The minimum Gasteiger partial charge on any atom is -0.338 e. The highest BCUT2D eigenvalue weighted by Gasteiger charge is 2.28. The molecule has 0 saturated carbocycles. The average molecular weight is 298 g/mol. The summed E-state index contributed by atoms with van der Waals surface area (Å²) >= 11 is 0. The number of carbonyl (C=O) groups excluding carboxylic acids is 1. The Bertz CT molecular complexity index is 677. The van der Waals surface area contributed by atoms with Crippen molar-refractivity contribution in [2.45, 2.75) is 20.3 Å². The number of rotatable bonds is 3. The van der Waals surface area contributed by atoms with Crippen LogP contribution in [0.1, 0.15) is 28.2 Å². The molecule has 5 heteroatoms. The van der Waals surface area contributed by atoms with Gasteiger partial charge in [0.1, 0.15) is 5.82 Å². The van der Waals surface area contributed by atoms with Crippen LogP contribution in [0.5, 0.6) is 0 Å². The molecule has 1 amide bonds. The molecule has 3 rings (SSSR count). The van der Waals surface area contributed by atoms with Crippen molar-refractivity contribution in [1.29, 1.82) is 0 Å². The van der Waals surface area contributed by atoms with E-state index in [0.29, 0.717) is 12.5 Å². The van der Waals surface area contributed by atoms with E-state index in [1.54, 1.807) is 6.20 Å². The van der Waals surface area contributed by atoms with Gasteiger partial charge in [-0.05, 0) is 50.9 Å². The highest BCUT2D eigenvalue weighted by Crippen LogP contribution is 2.23. The van der Waals surface area contributed by atoms with Crippen molar-refractivity contribution in [2.75, 3.05) is 19.6 Å². The number of pyridine rings is 1. The van der Waals surface area contributed by atoms with Crippen molar-refractivity contribution in [1.82, 2.24) is 14.5 Å². The maximum Gasteiger partial charge on any atom is 0.255 e. The first-order chi connectivity index (χ1) is 10.6. The van der Waals surface area contributed by atoms with E-state index < -0.39 is 0 Å². The summed E-state index contributed by atoms with van der Waals surface area (Å²) in [5.41, 5.74) is 8.45. The molecule has 116 valence electrons. The summed E-state index contributed by atoms with van der Waals surface area (Å²) in [7, 11) is 0. The predicted octanol–water partition coefficient (Wildman–Crippen LogP) is 1.91. The van der Waals surface area contributed by atoms with Crippen LogP contribution in [0.25, 0.3) is 5.82 Å². The highest BCUT2D eigenvalue weighted by atomic mass is 16.2. The summed E-state index contributed by atoms with van der Waals surface area (Å²) in [6.45, 7) is 6.20. The second-order valence-electron chi connectivity index (χ2n) is 5.95. The number of aryl methyl sites for hydroxylation is 1. The van der Waals surface area contributed by atoms with Crippen LogP contribution in [0, 0.1) is 19.8 Å². The van der Waals surface area contributed by atoms with Gasteiger partial charge in [0.05, 0.1) is 5.56 Å². The van der Waals surface area contributed by atoms with E-state index in [0.717, 1.165) is 42.3 Å². The lowest BCUT2D eigenvalue weighted by molar-refractivity contribution is 0.0787. The molecule has 0 aromatic carbocycles. The first-order valence-electron chi connectivity index (χ1n) is 7.71. The topological polar surface area (TPSA) is 64.2 Å². The van der Waals surface area contributed by atoms with Crippen LogP contribution in [0.15, 0.2) is 30.5 Å². The van der Waals surface area contributed by atoms with Gasteiger partial charge in [-0.25, -0.2) is 4.98 Å². The van der Waals surface area contributed by atoms with Crippen LogP contribution >= 0.6 is 0 Å². The Balaban J connectivity index is 1.91. The van der Waals surface area contributed by atoms with Gasteiger partial charge in [-0.15, -0.1) is 0 Å². The molecule has 0 bridgehead atoms. The van der Waals surface area contributed by atoms with Crippen molar-refractivity contribution >= 4 is 5.91 Å². The summed E-state index contributed by atoms with van der Waals surface area (Å²) < 4.78 is 2.03. The van der Waals surface area contributed by atoms with Gasteiger partial charge in [-0.2, -0.15) is 0 Å². The third-order valence-corrected chi connectivity index (χ3v) is 4.45. The monoisotopic (exact) mass is 298 g/mol. The number of nitrogens with zero attached hydrogens (tertiary/aromatic N) is 3. The summed E-state index contributed by atoms with van der Waals surface area (Å²) in [6, 6.07) is 7.76. The van der Waals surface area contributed by atoms with Gasteiger partial charge >= 0.3 is 0 Å². The molecular formula is C17H22N4O. The van der Waals surface area contributed by atoms with Crippen LogP contribution in [0.2, 0.25) is 0 Å². The Labute approximate surface area is 130 Å². The predicted molar refractivity (Wildman–Crippen MR) is 86.1 cm³/mol. The Morgan fingerprint density at radius 3 is 2.86 bits per heavy atom. The molecule has 1 atom stereocenters. The summed E-state index contributed by atoms with van der Waals surface area (Å²) in [5.74, 6) is 1.38. The number of likely N-dealkylation sites (tertiary alicyclic amines) is 1. The molecule has 0 radical (unpaired) electrons. The second-order valence-corrected chi connectivity index (χ2v) is 5.95. The van der Waals surface area contributed by atoms with Gasteiger partial charge in [-0.1, -0.05) is 6.07 Å². The standard InChI is InChI=1S/C17H22N4O/c1-12-9-15(17(22)20-8-6-14(10-18)11-20)13(2)21(12)16-5-3-4-7-19-16/h3-5,7,9,14H,6,8,10-11,18H2,1-2H3. The molecule has 2 aromatic heterocycles. The van der Waals surface area contributed by atoms with E-state index in [-0.39, 0.29) is 5.91 Å². The fourth-order valence-corrected chi connectivity index (χ4v) is 3.20. The lowest BCUT2D eigenvalue weighted by Gasteiger charge is -2.16. The van der Waals surface area contributed by atoms with Gasteiger partial charge < -0.3 is 15.2 Å². The van der Waals surface area contributed by atoms with Crippen LogP contribution < -0.4 is 5.73 Å². The SMILES string of the molecule is Cc1cc(C(=O)N2CCC(CN)C2)c(C)n1-c1ccccn1. The Kier molecular flexibility index (Phi) is 3.98. The van der Waals surface area contributed by atoms with Crippen LogP contribution in [0.3, 0.4) is 0 Å². The molecule has 1 fully saturated rings. The number of aromatic nitrogens is 2. The fourth-order valence-electron chi connectivity index (χ4n) is 3.20. The zero-order chi connectivity index (χ0) is 15.7. The van der Waals surface area contributed by atoms with Gasteiger partial charge in [0.25, 0.3) is 5.91 Å². The van der Waals surface area contributed by atoms with E-state index in [9.17, 15) is 4.79 Å². The van der Waals surface area contributed by atoms with E-state index >= 15 is 0 Å². The first kappa shape index (κ1) is 14.8. The van der Waals surface area contributed by atoms with Gasteiger partial charge in [-0.3, -0.25) is 4.79 Å². The molecular weight excluding hydrogens is 276 g/mol. The molecule has 2 N–H and O–H groups in total. The lowest BCUT2D eigenvalue weighted by Crippen LogP contribution is -2.30. The third-order valence-electron chi connectivity index (χ3n) is 4.45. The van der Waals surface area contributed by atoms with Crippen LogP contribution in [-0.2, 0) is 0 Å². The van der Waals surface area contributed by atoms with E-state index in [1.165, 1.54) is 0 Å². The largest absolute Gasteiger partial charge is 0.338 e. The third kappa shape index (κ3) is 2.52. The zero-order valence-electron chi connectivity index (χ0n) is 13.1.